The van der Waals surface area contributed by atoms with Gasteiger partial charge in [0.25, 0.3) is 0 Å². The van der Waals surface area contributed by atoms with Crippen LogP contribution in [-0.4, -0.2) is 54.1 Å². The summed E-state index contributed by atoms with van der Waals surface area (Å²) in [5.41, 5.74) is 2.25. The molecular weight excluding hydrogens is 465 g/mol. The van der Waals surface area contributed by atoms with Crippen molar-refractivity contribution in [3.8, 4) is 0 Å². The molecule has 1 N–H and O–H groups in total. The van der Waals surface area contributed by atoms with Crippen molar-refractivity contribution in [3.05, 3.63) is 66.1 Å². The van der Waals surface area contributed by atoms with Gasteiger partial charge in [-0.05, 0) is 22.4 Å². The van der Waals surface area contributed by atoms with E-state index in [9.17, 15) is 0 Å². The molecule has 1 aromatic heterocycles. The monoisotopic (exact) mass is 491 g/mol. The molecule has 1 saturated heterocycles. The van der Waals surface area contributed by atoms with E-state index in [0.29, 0.717) is 0 Å². The molecule has 148 valence electrons. The normalized spacial score (nSPS) is 15.5. The summed E-state index contributed by atoms with van der Waals surface area (Å²) in [4.78, 5) is 9.19. The highest BCUT2D eigenvalue weighted by atomic mass is 127. The van der Waals surface area contributed by atoms with Crippen molar-refractivity contribution in [2.75, 3.05) is 33.2 Å². The van der Waals surface area contributed by atoms with Crippen LogP contribution in [0, 0.1) is 0 Å². The fourth-order valence-electron chi connectivity index (χ4n) is 3.53. The summed E-state index contributed by atoms with van der Waals surface area (Å²) >= 11 is 0. The lowest BCUT2D eigenvalue weighted by atomic mass is 10.1. The van der Waals surface area contributed by atoms with E-state index >= 15 is 0 Å². The van der Waals surface area contributed by atoms with E-state index in [1.165, 1.54) is 16.3 Å². The van der Waals surface area contributed by atoms with Crippen molar-refractivity contribution in [2.45, 2.75) is 13.1 Å². The van der Waals surface area contributed by atoms with Crippen LogP contribution in [0.1, 0.15) is 11.3 Å². The van der Waals surface area contributed by atoms with Crippen molar-refractivity contribution >= 4 is 40.7 Å². The Hall–Kier alpha value is -2.13. The first kappa shape index (κ1) is 20.6. The number of halogens is 1. The predicted octanol–water partition coefficient (Wildman–Crippen LogP) is 3.34. The van der Waals surface area contributed by atoms with Gasteiger partial charge >= 0.3 is 0 Å². The van der Waals surface area contributed by atoms with Crippen LogP contribution in [0.5, 0.6) is 0 Å². The molecule has 2 aromatic carbocycles. The third kappa shape index (κ3) is 5.02. The third-order valence-corrected chi connectivity index (χ3v) is 5.02. The van der Waals surface area contributed by atoms with E-state index in [1.54, 1.807) is 6.26 Å². The van der Waals surface area contributed by atoms with E-state index in [2.05, 4.69) is 67.7 Å². The fourth-order valence-corrected chi connectivity index (χ4v) is 3.53. The van der Waals surface area contributed by atoms with Crippen LogP contribution in [0.3, 0.4) is 0 Å². The molecule has 4 rings (SSSR count). The van der Waals surface area contributed by atoms with Gasteiger partial charge in [-0.1, -0.05) is 41.6 Å². The average Bonchev–Trinajstić information content (AvgIpc) is 3.22. The van der Waals surface area contributed by atoms with Crippen LogP contribution < -0.4 is 5.32 Å². The van der Waals surface area contributed by atoms with Crippen LogP contribution in [-0.2, 0) is 13.1 Å². The summed E-state index contributed by atoms with van der Waals surface area (Å²) < 4.78 is 4.92. The first-order valence-corrected chi connectivity index (χ1v) is 9.37. The van der Waals surface area contributed by atoms with Gasteiger partial charge in [-0.2, -0.15) is 0 Å². The lowest BCUT2D eigenvalue weighted by molar-refractivity contribution is 0.169. The van der Waals surface area contributed by atoms with Gasteiger partial charge in [-0.25, -0.2) is 0 Å². The molecule has 0 unspecified atom stereocenters. The molecule has 0 radical (unpaired) electrons. The number of rotatable bonds is 4. The maximum Gasteiger partial charge on any atom is 0.194 e. The second-order valence-corrected chi connectivity index (χ2v) is 6.84. The van der Waals surface area contributed by atoms with Crippen LogP contribution >= 0.6 is 24.0 Å². The third-order valence-electron chi connectivity index (χ3n) is 5.02. The van der Waals surface area contributed by atoms with Crippen LogP contribution in [0.25, 0.3) is 10.8 Å². The SMILES string of the molecule is CN=C(NCc1ccc2ccccc2c1)N1CCN(Cc2ccon2)CC1.I. The van der Waals surface area contributed by atoms with Gasteiger partial charge in [0.1, 0.15) is 6.26 Å². The van der Waals surface area contributed by atoms with Crippen molar-refractivity contribution in [2.24, 2.45) is 4.99 Å². The smallest absolute Gasteiger partial charge is 0.194 e. The number of nitrogens with one attached hydrogen (secondary N) is 1. The number of aliphatic imine (C=N–C) groups is 1. The zero-order valence-electron chi connectivity index (χ0n) is 16.0. The summed E-state index contributed by atoms with van der Waals surface area (Å²) in [6.45, 7) is 5.50. The van der Waals surface area contributed by atoms with Crippen LogP contribution in [0.2, 0.25) is 0 Å². The summed E-state index contributed by atoms with van der Waals surface area (Å²) in [6.07, 6.45) is 1.63. The highest BCUT2D eigenvalue weighted by Gasteiger charge is 2.20. The minimum Gasteiger partial charge on any atom is -0.364 e. The fraction of sp³-hybridized carbons (Fsp3) is 0.333. The zero-order valence-corrected chi connectivity index (χ0v) is 18.4. The number of piperazine rings is 1. The zero-order chi connectivity index (χ0) is 18.5. The lowest BCUT2D eigenvalue weighted by Crippen LogP contribution is -2.52. The molecular formula is C21H26IN5O. The molecule has 0 amide bonds. The average molecular weight is 491 g/mol. The van der Waals surface area contributed by atoms with Gasteiger partial charge in [-0.3, -0.25) is 9.89 Å². The molecule has 7 heteroatoms. The Labute approximate surface area is 182 Å². The van der Waals surface area contributed by atoms with Gasteiger partial charge in [0.05, 0.1) is 5.69 Å². The Bertz CT molecular complexity index is 904. The number of hydrogen-bond acceptors (Lipinski definition) is 4. The van der Waals surface area contributed by atoms with Gasteiger partial charge < -0.3 is 14.7 Å². The van der Waals surface area contributed by atoms with Crippen molar-refractivity contribution in [3.63, 3.8) is 0 Å². The van der Waals surface area contributed by atoms with Crippen molar-refractivity contribution in [1.29, 1.82) is 0 Å². The molecule has 28 heavy (non-hydrogen) atoms. The Morgan fingerprint density at radius 1 is 1.07 bits per heavy atom. The standard InChI is InChI=1S/C21H25N5O.HI/c1-22-21(23-15-17-6-7-18-4-2-3-5-19(18)14-17)26-11-9-25(10-12-26)16-20-8-13-27-24-20;/h2-8,13-14H,9-12,15-16H2,1H3,(H,22,23);1H. The Kier molecular flexibility index (Phi) is 7.27. The Balaban J connectivity index is 0.00000225. The van der Waals surface area contributed by atoms with Crippen LogP contribution in [0.15, 0.2) is 64.3 Å². The number of fused-ring (bicyclic) bond motifs is 1. The molecule has 3 aromatic rings. The number of nitrogens with zero attached hydrogens (tertiary/aromatic N) is 4. The highest BCUT2D eigenvalue weighted by Crippen LogP contribution is 2.15. The van der Waals surface area contributed by atoms with Gasteiger partial charge in [0.2, 0.25) is 0 Å². The summed E-state index contributed by atoms with van der Waals surface area (Å²) in [5.74, 6) is 0.962. The largest absolute Gasteiger partial charge is 0.364 e. The Morgan fingerprint density at radius 3 is 2.57 bits per heavy atom. The topological polar surface area (TPSA) is 56.9 Å². The lowest BCUT2D eigenvalue weighted by Gasteiger charge is -2.36. The quantitative estimate of drug-likeness (QED) is 0.345. The highest BCUT2D eigenvalue weighted by molar-refractivity contribution is 14.0. The van der Waals surface area contributed by atoms with Crippen molar-refractivity contribution < 1.29 is 4.52 Å². The van der Waals surface area contributed by atoms with Gasteiger partial charge in [0.15, 0.2) is 5.96 Å². The molecule has 0 atom stereocenters. The molecule has 0 saturated carbocycles. The van der Waals surface area contributed by atoms with E-state index in [-0.39, 0.29) is 24.0 Å². The molecule has 6 nitrogen and oxygen atoms in total. The van der Waals surface area contributed by atoms with E-state index < -0.39 is 0 Å². The van der Waals surface area contributed by atoms with E-state index in [0.717, 1.165) is 50.9 Å². The van der Waals surface area contributed by atoms with E-state index in [4.69, 9.17) is 4.52 Å². The van der Waals surface area contributed by atoms with Gasteiger partial charge in [0, 0.05) is 52.4 Å². The maximum atomic E-state index is 4.92. The predicted molar refractivity (Wildman–Crippen MR) is 123 cm³/mol. The molecule has 0 aliphatic carbocycles. The molecule has 1 fully saturated rings. The first-order valence-electron chi connectivity index (χ1n) is 9.37. The minimum absolute atomic E-state index is 0. The summed E-state index contributed by atoms with van der Waals surface area (Å²) in [5, 5.41) is 10.1. The van der Waals surface area contributed by atoms with Crippen LogP contribution in [0.4, 0.5) is 0 Å². The van der Waals surface area contributed by atoms with Gasteiger partial charge in [-0.15, -0.1) is 24.0 Å². The Morgan fingerprint density at radius 2 is 1.86 bits per heavy atom. The molecule has 0 bridgehead atoms. The second-order valence-electron chi connectivity index (χ2n) is 6.84. The number of benzene rings is 2. The molecule has 1 aliphatic heterocycles. The molecule has 2 heterocycles. The summed E-state index contributed by atoms with van der Waals surface area (Å²) in [7, 11) is 1.85. The molecule has 0 spiro atoms. The summed E-state index contributed by atoms with van der Waals surface area (Å²) in [6, 6.07) is 17.0. The maximum absolute atomic E-state index is 4.92. The van der Waals surface area contributed by atoms with Crippen molar-refractivity contribution in [1.82, 2.24) is 20.3 Å². The molecule has 1 aliphatic rings. The number of hydrogen-bond donors (Lipinski definition) is 1. The van der Waals surface area contributed by atoms with E-state index in [1.807, 2.05) is 13.1 Å². The minimum atomic E-state index is 0. The first-order chi connectivity index (χ1) is 13.3. The number of aromatic nitrogens is 1. The number of guanidine groups is 1. The second kappa shape index (κ2) is 9.88.